The maximum Gasteiger partial charge on any atom is 0.241 e. The molecule has 4 rings (SSSR count). The third kappa shape index (κ3) is 4.09. The molecule has 0 aromatic heterocycles. The third-order valence-corrected chi connectivity index (χ3v) is 5.75. The van der Waals surface area contributed by atoms with E-state index in [2.05, 4.69) is 10.2 Å². The summed E-state index contributed by atoms with van der Waals surface area (Å²) in [4.78, 5) is 29.2. The van der Waals surface area contributed by atoms with Crippen molar-refractivity contribution in [2.24, 2.45) is 5.92 Å². The van der Waals surface area contributed by atoms with Crippen LogP contribution in [0.4, 0.5) is 5.69 Å². The predicted molar refractivity (Wildman–Crippen MR) is 111 cm³/mol. The van der Waals surface area contributed by atoms with Gasteiger partial charge in [-0.3, -0.25) is 14.5 Å². The molecule has 28 heavy (non-hydrogen) atoms. The van der Waals surface area contributed by atoms with Gasteiger partial charge in [-0.1, -0.05) is 48.5 Å². The second-order valence-corrected chi connectivity index (χ2v) is 7.71. The minimum Gasteiger partial charge on any atom is -0.340 e. The molecule has 2 aromatic carbocycles. The molecular weight excluding hydrogens is 350 g/mol. The zero-order valence-corrected chi connectivity index (χ0v) is 16.3. The highest BCUT2D eigenvalue weighted by atomic mass is 16.2. The quantitative estimate of drug-likeness (QED) is 0.870. The molecule has 1 heterocycles. The highest BCUT2D eigenvalue weighted by Gasteiger charge is 2.35. The summed E-state index contributed by atoms with van der Waals surface area (Å²) < 4.78 is 0. The van der Waals surface area contributed by atoms with E-state index < -0.39 is 0 Å². The molecule has 2 aromatic rings. The highest BCUT2D eigenvalue weighted by Crippen LogP contribution is 2.31. The first-order valence-electron chi connectivity index (χ1n) is 10.1. The lowest BCUT2D eigenvalue weighted by Crippen LogP contribution is -2.54. The molecule has 1 N–H and O–H groups in total. The van der Waals surface area contributed by atoms with E-state index in [4.69, 9.17) is 0 Å². The summed E-state index contributed by atoms with van der Waals surface area (Å²) in [6.45, 7) is 4.86. The van der Waals surface area contributed by atoms with Crippen LogP contribution >= 0.6 is 0 Å². The van der Waals surface area contributed by atoms with Crippen molar-refractivity contribution in [2.45, 2.75) is 25.8 Å². The summed E-state index contributed by atoms with van der Waals surface area (Å²) in [7, 11) is 0. The standard InChI is InChI=1S/C23H27N3O2/c1-17(25-13-15-26(16-14-25)23(28)19-11-12-19)22(27)24-21-10-6-5-9-20(21)18-7-3-2-4-8-18/h2-10,17,19H,11-16H2,1H3,(H,24,27)/t17-/m1/s1. The Bertz CT molecular complexity index is 840. The molecular formula is C23H27N3O2. The van der Waals surface area contributed by atoms with Crippen molar-refractivity contribution < 1.29 is 9.59 Å². The van der Waals surface area contributed by atoms with Crippen LogP contribution in [0.3, 0.4) is 0 Å². The van der Waals surface area contributed by atoms with Crippen LogP contribution in [0.5, 0.6) is 0 Å². The van der Waals surface area contributed by atoms with Gasteiger partial charge in [0.15, 0.2) is 0 Å². The summed E-state index contributed by atoms with van der Waals surface area (Å²) in [6, 6.07) is 17.7. The molecule has 1 aliphatic heterocycles. The van der Waals surface area contributed by atoms with Crippen LogP contribution in [0, 0.1) is 5.92 Å². The molecule has 1 aliphatic carbocycles. The largest absolute Gasteiger partial charge is 0.340 e. The predicted octanol–water partition coefficient (Wildman–Crippen LogP) is 3.23. The fourth-order valence-corrected chi connectivity index (χ4v) is 3.78. The SMILES string of the molecule is C[C@H](C(=O)Nc1ccccc1-c1ccccc1)N1CCN(C(=O)C2CC2)CC1. The summed E-state index contributed by atoms with van der Waals surface area (Å²) in [5.74, 6) is 0.556. The molecule has 1 saturated carbocycles. The number of benzene rings is 2. The molecule has 2 aliphatic rings. The number of nitrogens with zero attached hydrogens (tertiary/aromatic N) is 2. The van der Waals surface area contributed by atoms with Crippen molar-refractivity contribution in [3.63, 3.8) is 0 Å². The van der Waals surface area contributed by atoms with Crippen LogP contribution < -0.4 is 5.32 Å². The van der Waals surface area contributed by atoms with Gasteiger partial charge in [-0.2, -0.15) is 0 Å². The van der Waals surface area contributed by atoms with Crippen molar-refractivity contribution in [1.82, 2.24) is 9.80 Å². The van der Waals surface area contributed by atoms with E-state index in [1.807, 2.05) is 66.4 Å². The lowest BCUT2D eigenvalue weighted by Gasteiger charge is -2.37. The Kier molecular flexibility index (Phi) is 5.44. The van der Waals surface area contributed by atoms with Crippen molar-refractivity contribution in [1.29, 1.82) is 0 Å². The van der Waals surface area contributed by atoms with E-state index in [9.17, 15) is 9.59 Å². The van der Waals surface area contributed by atoms with Gasteiger partial charge in [-0.15, -0.1) is 0 Å². The van der Waals surface area contributed by atoms with Gasteiger partial charge in [0.1, 0.15) is 0 Å². The van der Waals surface area contributed by atoms with Crippen LogP contribution in [0.15, 0.2) is 54.6 Å². The summed E-state index contributed by atoms with van der Waals surface area (Å²) in [5.41, 5.74) is 2.93. The number of piperazine rings is 1. The highest BCUT2D eigenvalue weighted by molar-refractivity contribution is 5.98. The lowest BCUT2D eigenvalue weighted by atomic mass is 10.0. The fraction of sp³-hybridized carbons (Fsp3) is 0.391. The minimum atomic E-state index is -0.234. The lowest BCUT2D eigenvalue weighted by molar-refractivity contribution is -0.135. The fourth-order valence-electron chi connectivity index (χ4n) is 3.78. The first-order valence-corrected chi connectivity index (χ1v) is 10.1. The van der Waals surface area contributed by atoms with Crippen LogP contribution in [0.25, 0.3) is 11.1 Å². The van der Waals surface area contributed by atoms with E-state index >= 15 is 0 Å². The summed E-state index contributed by atoms with van der Waals surface area (Å²) in [6.07, 6.45) is 2.08. The molecule has 2 amide bonds. The van der Waals surface area contributed by atoms with Crippen LogP contribution in [0.2, 0.25) is 0 Å². The molecule has 2 fully saturated rings. The second kappa shape index (κ2) is 8.15. The van der Waals surface area contributed by atoms with Gasteiger partial charge < -0.3 is 10.2 Å². The van der Waals surface area contributed by atoms with Crippen molar-refractivity contribution in [3.05, 3.63) is 54.6 Å². The number of hydrogen-bond acceptors (Lipinski definition) is 3. The monoisotopic (exact) mass is 377 g/mol. The van der Waals surface area contributed by atoms with Crippen LogP contribution in [-0.4, -0.2) is 53.8 Å². The Morgan fingerprint density at radius 2 is 1.57 bits per heavy atom. The zero-order chi connectivity index (χ0) is 19.5. The Balaban J connectivity index is 1.38. The minimum absolute atomic E-state index is 0.00893. The molecule has 1 atom stereocenters. The number of nitrogens with one attached hydrogen (secondary N) is 1. The molecule has 5 heteroatoms. The van der Waals surface area contributed by atoms with Crippen molar-refractivity contribution in [3.8, 4) is 11.1 Å². The number of amides is 2. The Hall–Kier alpha value is -2.66. The van der Waals surface area contributed by atoms with E-state index in [0.717, 1.165) is 42.7 Å². The van der Waals surface area contributed by atoms with Gasteiger partial charge in [-0.05, 0) is 31.4 Å². The number of carbonyl (C=O) groups excluding carboxylic acids is 2. The normalized spacial score (nSPS) is 18.5. The molecule has 0 bridgehead atoms. The van der Waals surface area contributed by atoms with E-state index in [1.54, 1.807) is 0 Å². The maximum absolute atomic E-state index is 12.9. The van der Waals surface area contributed by atoms with Gasteiger partial charge in [-0.25, -0.2) is 0 Å². The van der Waals surface area contributed by atoms with Gasteiger partial charge in [0.2, 0.25) is 11.8 Å². The number of hydrogen-bond donors (Lipinski definition) is 1. The average molecular weight is 377 g/mol. The van der Waals surface area contributed by atoms with Crippen LogP contribution in [0.1, 0.15) is 19.8 Å². The second-order valence-electron chi connectivity index (χ2n) is 7.71. The molecule has 1 saturated heterocycles. The van der Waals surface area contributed by atoms with Gasteiger partial charge in [0.25, 0.3) is 0 Å². The van der Waals surface area contributed by atoms with E-state index in [-0.39, 0.29) is 17.9 Å². The van der Waals surface area contributed by atoms with Gasteiger partial charge in [0.05, 0.1) is 6.04 Å². The topological polar surface area (TPSA) is 52.7 Å². The Morgan fingerprint density at radius 3 is 2.25 bits per heavy atom. The zero-order valence-electron chi connectivity index (χ0n) is 16.3. The van der Waals surface area contributed by atoms with Crippen molar-refractivity contribution >= 4 is 17.5 Å². The number of rotatable bonds is 5. The first-order chi connectivity index (χ1) is 13.6. The first kappa shape index (κ1) is 18.7. The maximum atomic E-state index is 12.9. The number of carbonyl (C=O) groups is 2. The molecule has 146 valence electrons. The third-order valence-electron chi connectivity index (χ3n) is 5.75. The Morgan fingerprint density at radius 1 is 0.929 bits per heavy atom. The molecule has 5 nitrogen and oxygen atoms in total. The molecule has 0 radical (unpaired) electrons. The van der Waals surface area contributed by atoms with Gasteiger partial charge in [0, 0.05) is 43.3 Å². The van der Waals surface area contributed by atoms with E-state index in [0.29, 0.717) is 19.0 Å². The van der Waals surface area contributed by atoms with E-state index in [1.165, 1.54) is 0 Å². The van der Waals surface area contributed by atoms with Crippen LogP contribution in [-0.2, 0) is 9.59 Å². The summed E-state index contributed by atoms with van der Waals surface area (Å²) in [5, 5.41) is 3.11. The smallest absolute Gasteiger partial charge is 0.241 e. The molecule has 0 spiro atoms. The van der Waals surface area contributed by atoms with Crippen molar-refractivity contribution in [2.75, 3.05) is 31.5 Å². The number of para-hydroxylation sites is 1. The summed E-state index contributed by atoms with van der Waals surface area (Å²) >= 11 is 0. The van der Waals surface area contributed by atoms with Gasteiger partial charge >= 0.3 is 0 Å². The number of anilines is 1. The average Bonchev–Trinajstić information content (AvgIpc) is 3.59. The Labute approximate surface area is 166 Å². The molecule has 0 unspecified atom stereocenters.